The van der Waals surface area contributed by atoms with Gasteiger partial charge in [-0.05, 0) is 26.2 Å². The van der Waals surface area contributed by atoms with Crippen LogP contribution >= 0.6 is 12.6 Å². The molecule has 10 heteroatoms. The second-order valence-electron chi connectivity index (χ2n) is 7.88. The number of allylic oxidation sites excluding steroid dienone is 1. The standard InChI is InChI=1S/C23H45N3O6S/c1-20(27)19-32-22-6-4-2-3-5-21(23(22)24)26-8-11-29-13-15-31-17-16-30-14-12-28-10-7-25-9-18-33/h22,25-26,33H,2-19,24H2,1H3/b23-21-. The van der Waals surface area contributed by atoms with E-state index in [1.165, 1.54) is 6.92 Å². The predicted molar refractivity (Wildman–Crippen MR) is 133 cm³/mol. The number of hydrogen-bond acceptors (Lipinski definition) is 10. The summed E-state index contributed by atoms with van der Waals surface area (Å²) < 4.78 is 27.8. The number of Topliss-reactive ketones (excluding diaryl/α,β-unsaturated/α-hetero) is 1. The fourth-order valence-electron chi connectivity index (χ4n) is 3.27. The van der Waals surface area contributed by atoms with Gasteiger partial charge in [0.15, 0.2) is 5.78 Å². The zero-order valence-corrected chi connectivity index (χ0v) is 21.2. The molecule has 0 aromatic carbocycles. The fourth-order valence-corrected chi connectivity index (χ4v) is 3.43. The van der Waals surface area contributed by atoms with Crippen LogP contribution in [0.2, 0.25) is 0 Å². The van der Waals surface area contributed by atoms with Gasteiger partial charge in [-0.1, -0.05) is 12.8 Å². The molecule has 0 saturated carbocycles. The Hall–Kier alpha value is -0.880. The monoisotopic (exact) mass is 491 g/mol. The van der Waals surface area contributed by atoms with Crippen molar-refractivity contribution in [2.24, 2.45) is 5.73 Å². The van der Waals surface area contributed by atoms with Crippen molar-refractivity contribution in [1.82, 2.24) is 10.6 Å². The number of nitrogens with one attached hydrogen (secondary N) is 2. The Morgan fingerprint density at radius 2 is 1.52 bits per heavy atom. The van der Waals surface area contributed by atoms with Crippen LogP contribution < -0.4 is 16.4 Å². The summed E-state index contributed by atoms with van der Waals surface area (Å²) in [6.45, 7) is 8.57. The van der Waals surface area contributed by atoms with E-state index in [0.29, 0.717) is 59.4 Å². The number of carbonyl (C=O) groups is 1. The first-order valence-corrected chi connectivity index (χ1v) is 12.7. The minimum absolute atomic E-state index is 0.0133. The number of nitrogens with two attached hydrogens (primary N) is 1. The number of ketones is 1. The molecule has 0 aromatic heterocycles. The number of thiol groups is 1. The van der Waals surface area contributed by atoms with E-state index in [0.717, 1.165) is 62.3 Å². The quantitative estimate of drug-likeness (QED) is 0.139. The van der Waals surface area contributed by atoms with Gasteiger partial charge in [-0.2, -0.15) is 12.6 Å². The number of rotatable bonds is 21. The molecular weight excluding hydrogens is 446 g/mol. The molecule has 9 nitrogen and oxygen atoms in total. The zero-order chi connectivity index (χ0) is 24.0. The average molecular weight is 492 g/mol. The third-order valence-corrected chi connectivity index (χ3v) is 5.21. The van der Waals surface area contributed by atoms with Crippen LogP contribution in [0.4, 0.5) is 0 Å². The summed E-state index contributed by atoms with van der Waals surface area (Å²) in [6.07, 6.45) is 4.85. The van der Waals surface area contributed by atoms with Gasteiger partial charge >= 0.3 is 0 Å². The molecule has 0 bridgehead atoms. The smallest absolute Gasteiger partial charge is 0.155 e. The van der Waals surface area contributed by atoms with Gasteiger partial charge in [0, 0.05) is 31.1 Å². The first kappa shape index (κ1) is 30.2. The Labute approximate surface area is 204 Å². The van der Waals surface area contributed by atoms with E-state index < -0.39 is 0 Å². The SMILES string of the molecule is CC(=O)COC1CCCCC/C(NCCOCCOCCOCCOCCNCCS)=C\1N. The predicted octanol–water partition coefficient (Wildman–Crippen LogP) is 1.27. The highest BCUT2D eigenvalue weighted by molar-refractivity contribution is 7.80. The topological polar surface area (TPSA) is 113 Å². The summed E-state index contributed by atoms with van der Waals surface area (Å²) in [7, 11) is 0. The van der Waals surface area contributed by atoms with Gasteiger partial charge in [0.05, 0.1) is 64.7 Å². The molecular formula is C23H45N3O6S. The molecule has 0 radical (unpaired) electrons. The highest BCUT2D eigenvalue weighted by Gasteiger charge is 2.19. The van der Waals surface area contributed by atoms with Gasteiger partial charge in [-0.15, -0.1) is 0 Å². The lowest BCUT2D eigenvalue weighted by molar-refractivity contribution is -0.122. The minimum Gasteiger partial charge on any atom is -0.399 e. The van der Waals surface area contributed by atoms with Gasteiger partial charge in [0.2, 0.25) is 0 Å². The van der Waals surface area contributed by atoms with Gasteiger partial charge in [0.25, 0.3) is 0 Å². The van der Waals surface area contributed by atoms with Crippen molar-refractivity contribution in [2.45, 2.75) is 45.1 Å². The summed E-state index contributed by atoms with van der Waals surface area (Å²) >= 11 is 4.13. The molecule has 0 aliphatic heterocycles. The summed E-state index contributed by atoms with van der Waals surface area (Å²) in [5, 5.41) is 6.60. The van der Waals surface area contributed by atoms with Crippen LogP contribution in [0.15, 0.2) is 11.4 Å². The second-order valence-corrected chi connectivity index (χ2v) is 8.33. The fraction of sp³-hybridized carbons (Fsp3) is 0.870. The average Bonchev–Trinajstić information content (AvgIpc) is 2.79. The third-order valence-electron chi connectivity index (χ3n) is 4.99. The Morgan fingerprint density at radius 3 is 2.12 bits per heavy atom. The highest BCUT2D eigenvalue weighted by atomic mass is 32.1. The Morgan fingerprint density at radius 1 is 0.909 bits per heavy atom. The van der Waals surface area contributed by atoms with Gasteiger partial charge < -0.3 is 40.1 Å². The molecule has 0 saturated heterocycles. The Bertz CT molecular complexity index is 524. The van der Waals surface area contributed by atoms with E-state index in [-0.39, 0.29) is 18.5 Å². The number of ether oxygens (including phenoxy) is 5. The van der Waals surface area contributed by atoms with Gasteiger partial charge in [-0.3, -0.25) is 4.79 Å². The summed E-state index contributed by atoms with van der Waals surface area (Å²) in [5.41, 5.74) is 8.08. The van der Waals surface area contributed by atoms with E-state index in [1.807, 2.05) is 0 Å². The van der Waals surface area contributed by atoms with Crippen molar-refractivity contribution in [3.05, 3.63) is 11.4 Å². The van der Waals surface area contributed by atoms with Crippen molar-refractivity contribution in [2.75, 3.05) is 84.8 Å². The first-order valence-electron chi connectivity index (χ1n) is 12.1. The van der Waals surface area contributed by atoms with Crippen molar-refractivity contribution < 1.29 is 28.5 Å². The minimum atomic E-state index is -0.195. The van der Waals surface area contributed by atoms with Crippen LogP contribution in [0.1, 0.15) is 39.0 Å². The second kappa shape index (κ2) is 21.6. The molecule has 0 aromatic rings. The molecule has 1 aliphatic carbocycles. The largest absolute Gasteiger partial charge is 0.399 e. The maximum Gasteiger partial charge on any atom is 0.155 e. The zero-order valence-electron chi connectivity index (χ0n) is 20.3. The van der Waals surface area contributed by atoms with Crippen LogP contribution in [-0.4, -0.2) is 96.7 Å². The molecule has 0 amide bonds. The van der Waals surface area contributed by atoms with Crippen LogP contribution in [0.25, 0.3) is 0 Å². The molecule has 1 aliphatic rings. The number of hydrogen-bond donors (Lipinski definition) is 4. The number of carbonyl (C=O) groups excluding carboxylic acids is 1. The summed E-state index contributed by atoms with van der Waals surface area (Å²) in [4.78, 5) is 11.2. The van der Waals surface area contributed by atoms with E-state index >= 15 is 0 Å². The lowest BCUT2D eigenvalue weighted by atomic mass is 9.99. The van der Waals surface area contributed by atoms with Crippen LogP contribution in [0.5, 0.6) is 0 Å². The summed E-state index contributed by atoms with van der Waals surface area (Å²) in [6, 6.07) is 0. The maximum atomic E-state index is 11.2. The molecule has 1 unspecified atom stereocenters. The molecule has 0 spiro atoms. The van der Waals surface area contributed by atoms with E-state index in [2.05, 4.69) is 23.3 Å². The molecule has 0 heterocycles. The van der Waals surface area contributed by atoms with Crippen molar-refractivity contribution in [1.29, 1.82) is 0 Å². The third kappa shape index (κ3) is 17.2. The van der Waals surface area contributed by atoms with Crippen molar-refractivity contribution >= 4 is 18.4 Å². The van der Waals surface area contributed by atoms with Crippen LogP contribution in [0, 0.1) is 0 Å². The molecule has 1 atom stereocenters. The van der Waals surface area contributed by atoms with Crippen molar-refractivity contribution in [3.8, 4) is 0 Å². The van der Waals surface area contributed by atoms with Crippen LogP contribution in [-0.2, 0) is 28.5 Å². The molecule has 4 N–H and O–H groups in total. The molecule has 33 heavy (non-hydrogen) atoms. The van der Waals surface area contributed by atoms with E-state index in [4.69, 9.17) is 29.4 Å². The van der Waals surface area contributed by atoms with Crippen molar-refractivity contribution in [3.63, 3.8) is 0 Å². The van der Waals surface area contributed by atoms with Gasteiger partial charge in [0.1, 0.15) is 6.61 Å². The lowest BCUT2D eigenvalue weighted by Gasteiger charge is -2.24. The first-order chi connectivity index (χ1) is 16.1. The normalized spacial score (nSPS) is 19.3. The summed E-state index contributed by atoms with van der Waals surface area (Å²) in [5.74, 6) is 0.845. The Kier molecular flexibility index (Phi) is 19.8. The van der Waals surface area contributed by atoms with E-state index in [1.54, 1.807) is 0 Å². The molecule has 194 valence electrons. The maximum absolute atomic E-state index is 11.2. The highest BCUT2D eigenvalue weighted by Crippen LogP contribution is 2.21. The lowest BCUT2D eigenvalue weighted by Crippen LogP contribution is -2.31. The Balaban J connectivity index is 1.99. The van der Waals surface area contributed by atoms with Crippen LogP contribution in [0.3, 0.4) is 0 Å². The molecule has 0 fully saturated rings. The van der Waals surface area contributed by atoms with Gasteiger partial charge in [-0.25, -0.2) is 0 Å². The molecule has 1 rings (SSSR count). The van der Waals surface area contributed by atoms with E-state index in [9.17, 15) is 4.79 Å².